The maximum atomic E-state index is 12.1. The minimum Gasteiger partial charge on any atom is -0.266 e. The average molecular weight is 402 g/mol. The Morgan fingerprint density at radius 1 is 1.23 bits per heavy atom. The van der Waals surface area contributed by atoms with Gasteiger partial charge in [0.05, 0.1) is 19.4 Å². The molecule has 8 heteroatoms. The van der Waals surface area contributed by atoms with Crippen molar-refractivity contribution in [1.29, 1.82) is 0 Å². The summed E-state index contributed by atoms with van der Waals surface area (Å²) in [4.78, 5) is 29.5. The fourth-order valence-electron chi connectivity index (χ4n) is 1.77. The molecule has 0 atom stereocenters. The maximum absolute atomic E-state index is 12.1. The third kappa shape index (κ3) is 4.37. The molecule has 22 heavy (non-hydrogen) atoms. The minimum atomic E-state index is -0.339. The van der Waals surface area contributed by atoms with Crippen LogP contribution in [-0.2, 0) is 6.42 Å². The summed E-state index contributed by atoms with van der Waals surface area (Å²) in [5.41, 5.74) is 5.54. The Morgan fingerprint density at radius 2 is 1.91 bits per heavy atom. The highest BCUT2D eigenvalue weighted by Gasteiger charge is 2.17. The number of nitrogens with zero attached hydrogens (tertiary/aromatic N) is 1. The smallest absolute Gasteiger partial charge is 0.266 e. The molecule has 0 bridgehead atoms. The first-order chi connectivity index (χ1) is 10.4. The zero-order chi connectivity index (χ0) is 16.3. The Bertz CT molecular complexity index is 694. The summed E-state index contributed by atoms with van der Waals surface area (Å²) in [6.45, 7) is 6.01. The molecule has 2 aromatic rings. The minimum absolute atomic E-state index is 0.339. The van der Waals surface area contributed by atoms with E-state index in [0.29, 0.717) is 21.4 Å². The fourth-order valence-corrected chi connectivity index (χ4v) is 4.22. The summed E-state index contributed by atoms with van der Waals surface area (Å²) in [7, 11) is 0. The van der Waals surface area contributed by atoms with E-state index >= 15 is 0 Å². The second-order valence-electron chi connectivity index (χ2n) is 5.13. The number of carbonyl (C=O) groups is 2. The van der Waals surface area contributed by atoms with Crippen LogP contribution < -0.4 is 10.9 Å². The van der Waals surface area contributed by atoms with Crippen LogP contribution in [0.3, 0.4) is 0 Å². The molecular weight excluding hydrogens is 386 g/mol. The number of amides is 2. The van der Waals surface area contributed by atoms with Crippen LogP contribution in [0.2, 0.25) is 0 Å². The van der Waals surface area contributed by atoms with E-state index in [4.69, 9.17) is 0 Å². The van der Waals surface area contributed by atoms with Crippen molar-refractivity contribution in [2.24, 2.45) is 5.92 Å². The predicted molar refractivity (Wildman–Crippen MR) is 92.3 cm³/mol. The number of hydrogen-bond acceptors (Lipinski definition) is 5. The Balaban J connectivity index is 1.97. The molecule has 2 amide bonds. The van der Waals surface area contributed by atoms with Gasteiger partial charge in [-0.05, 0) is 40.9 Å². The summed E-state index contributed by atoms with van der Waals surface area (Å²) in [5, 5.41) is 0.936. The van der Waals surface area contributed by atoms with Crippen LogP contribution in [0.4, 0.5) is 0 Å². The predicted octanol–water partition coefficient (Wildman–Crippen LogP) is 3.55. The van der Waals surface area contributed by atoms with E-state index in [9.17, 15) is 9.59 Å². The van der Waals surface area contributed by atoms with Gasteiger partial charge in [0.1, 0.15) is 4.88 Å². The van der Waals surface area contributed by atoms with Crippen LogP contribution in [0.25, 0.3) is 0 Å². The quantitative estimate of drug-likeness (QED) is 0.769. The first kappa shape index (κ1) is 17.1. The number of halogens is 1. The molecule has 0 aromatic carbocycles. The molecule has 5 nitrogen and oxygen atoms in total. The number of rotatable bonds is 4. The van der Waals surface area contributed by atoms with E-state index in [1.807, 2.05) is 0 Å². The van der Waals surface area contributed by atoms with Gasteiger partial charge in [-0.25, -0.2) is 4.98 Å². The summed E-state index contributed by atoms with van der Waals surface area (Å²) >= 11 is 5.96. The molecule has 2 N–H and O–H groups in total. The molecule has 118 valence electrons. The highest BCUT2D eigenvalue weighted by atomic mass is 79.9. The number of hydrazine groups is 1. The molecule has 0 aliphatic heterocycles. The lowest BCUT2D eigenvalue weighted by Gasteiger charge is -2.04. The molecule has 2 aromatic heterocycles. The van der Waals surface area contributed by atoms with Gasteiger partial charge in [0.2, 0.25) is 0 Å². The van der Waals surface area contributed by atoms with Crippen LogP contribution in [0.1, 0.15) is 43.9 Å². The van der Waals surface area contributed by atoms with E-state index in [2.05, 4.69) is 45.6 Å². The van der Waals surface area contributed by atoms with Gasteiger partial charge in [0, 0.05) is 6.42 Å². The number of aryl methyl sites for hydroxylation is 1. The summed E-state index contributed by atoms with van der Waals surface area (Å²) in [5.74, 6) is -0.193. The number of aromatic nitrogens is 1. The SMILES string of the molecule is Cc1nc(CC(C)C)sc1C(=O)NNC(=O)c1ccc(Br)s1. The van der Waals surface area contributed by atoms with Crippen molar-refractivity contribution in [3.05, 3.63) is 36.4 Å². The van der Waals surface area contributed by atoms with Crippen molar-refractivity contribution in [3.63, 3.8) is 0 Å². The van der Waals surface area contributed by atoms with Crippen molar-refractivity contribution in [2.75, 3.05) is 0 Å². The molecule has 0 spiro atoms. The molecule has 0 saturated heterocycles. The molecule has 2 rings (SSSR count). The molecular formula is C14H16BrN3O2S2. The highest BCUT2D eigenvalue weighted by Crippen LogP contribution is 2.22. The number of carbonyl (C=O) groups excluding carboxylic acids is 2. The average Bonchev–Trinajstić information content (AvgIpc) is 3.01. The second kappa shape index (κ2) is 7.34. The van der Waals surface area contributed by atoms with Gasteiger partial charge in [-0.15, -0.1) is 22.7 Å². The van der Waals surface area contributed by atoms with Crippen molar-refractivity contribution in [1.82, 2.24) is 15.8 Å². The lowest BCUT2D eigenvalue weighted by Crippen LogP contribution is -2.41. The lowest BCUT2D eigenvalue weighted by atomic mass is 10.1. The summed E-state index contributed by atoms with van der Waals surface area (Å²) in [6, 6.07) is 3.47. The lowest BCUT2D eigenvalue weighted by molar-refractivity contribution is 0.0850. The Kier molecular flexibility index (Phi) is 5.71. The van der Waals surface area contributed by atoms with Crippen molar-refractivity contribution >= 4 is 50.4 Å². The summed E-state index contributed by atoms with van der Waals surface area (Å²) < 4.78 is 0.862. The number of nitrogens with one attached hydrogen (secondary N) is 2. The van der Waals surface area contributed by atoms with E-state index in [1.54, 1.807) is 19.1 Å². The number of hydrogen-bond donors (Lipinski definition) is 2. The summed E-state index contributed by atoms with van der Waals surface area (Å²) in [6.07, 6.45) is 0.842. The van der Waals surface area contributed by atoms with Crippen molar-refractivity contribution < 1.29 is 9.59 Å². The van der Waals surface area contributed by atoms with Gasteiger partial charge in [-0.3, -0.25) is 20.4 Å². The van der Waals surface area contributed by atoms with Gasteiger partial charge in [0.25, 0.3) is 11.8 Å². The zero-order valence-corrected chi connectivity index (χ0v) is 15.6. The van der Waals surface area contributed by atoms with Crippen LogP contribution in [-0.4, -0.2) is 16.8 Å². The normalized spacial score (nSPS) is 10.8. The van der Waals surface area contributed by atoms with Gasteiger partial charge in [-0.2, -0.15) is 0 Å². The van der Waals surface area contributed by atoms with E-state index < -0.39 is 0 Å². The van der Waals surface area contributed by atoms with Gasteiger partial charge in [-0.1, -0.05) is 13.8 Å². The fraction of sp³-hybridized carbons (Fsp3) is 0.357. The van der Waals surface area contributed by atoms with Crippen LogP contribution in [0.5, 0.6) is 0 Å². The first-order valence-corrected chi connectivity index (χ1v) is 9.11. The number of thiazole rings is 1. The maximum Gasteiger partial charge on any atom is 0.281 e. The van der Waals surface area contributed by atoms with Gasteiger partial charge < -0.3 is 0 Å². The molecule has 0 fully saturated rings. The van der Waals surface area contributed by atoms with Gasteiger partial charge in [0.15, 0.2) is 0 Å². The van der Waals surface area contributed by atoms with E-state index in [0.717, 1.165) is 15.2 Å². The Hall–Kier alpha value is -1.25. The van der Waals surface area contributed by atoms with E-state index in [1.165, 1.54) is 22.7 Å². The molecule has 0 saturated carbocycles. The zero-order valence-electron chi connectivity index (χ0n) is 12.4. The van der Waals surface area contributed by atoms with Crippen LogP contribution >= 0.6 is 38.6 Å². The number of thiophene rings is 1. The van der Waals surface area contributed by atoms with Gasteiger partial charge >= 0.3 is 0 Å². The Morgan fingerprint density at radius 3 is 2.50 bits per heavy atom. The molecule has 0 radical (unpaired) electrons. The monoisotopic (exact) mass is 401 g/mol. The molecule has 0 unspecified atom stereocenters. The third-order valence-corrected chi connectivity index (χ3v) is 5.52. The topological polar surface area (TPSA) is 71.1 Å². The second-order valence-corrected chi connectivity index (χ2v) is 8.68. The largest absolute Gasteiger partial charge is 0.281 e. The Labute approximate surface area is 145 Å². The highest BCUT2D eigenvalue weighted by molar-refractivity contribution is 9.11. The van der Waals surface area contributed by atoms with Crippen molar-refractivity contribution in [2.45, 2.75) is 27.2 Å². The molecule has 2 heterocycles. The molecule has 0 aliphatic carbocycles. The van der Waals surface area contributed by atoms with E-state index in [-0.39, 0.29) is 11.8 Å². The van der Waals surface area contributed by atoms with Crippen LogP contribution in [0, 0.1) is 12.8 Å². The first-order valence-electron chi connectivity index (χ1n) is 6.69. The third-order valence-electron chi connectivity index (χ3n) is 2.72. The van der Waals surface area contributed by atoms with Crippen molar-refractivity contribution in [3.8, 4) is 0 Å². The molecule has 0 aliphatic rings. The standard InChI is InChI=1S/C14H16BrN3O2S2/c1-7(2)6-11-16-8(3)12(22-11)14(20)18-17-13(19)9-4-5-10(15)21-9/h4-5,7H,6H2,1-3H3,(H,17,19)(H,18,20). The van der Waals surface area contributed by atoms with Crippen LogP contribution in [0.15, 0.2) is 15.9 Å².